The molecule has 0 aromatic rings. The summed E-state index contributed by atoms with van der Waals surface area (Å²) < 4.78 is 22.0. The van der Waals surface area contributed by atoms with Crippen LogP contribution in [0.4, 0.5) is 0 Å². The highest BCUT2D eigenvalue weighted by Gasteiger charge is 2.18. The monoisotopic (exact) mass is 220 g/mol. The van der Waals surface area contributed by atoms with Crippen molar-refractivity contribution >= 4 is 9.84 Å². The summed E-state index contributed by atoms with van der Waals surface area (Å²) in [6.07, 6.45) is 3.66. The zero-order valence-corrected chi connectivity index (χ0v) is 9.81. The molecule has 1 aliphatic heterocycles. The summed E-state index contributed by atoms with van der Waals surface area (Å²) in [5.74, 6) is 0.281. The minimum absolute atomic E-state index is 0.281. The van der Waals surface area contributed by atoms with Crippen molar-refractivity contribution in [2.24, 2.45) is 0 Å². The highest BCUT2D eigenvalue weighted by molar-refractivity contribution is 7.90. The van der Waals surface area contributed by atoms with E-state index >= 15 is 0 Å². The maximum absolute atomic E-state index is 11.0. The number of nitrogens with one attached hydrogen (secondary N) is 1. The second-order valence-electron chi connectivity index (χ2n) is 4.06. The van der Waals surface area contributed by atoms with Crippen LogP contribution in [0.2, 0.25) is 0 Å². The van der Waals surface area contributed by atoms with Crippen molar-refractivity contribution in [2.45, 2.75) is 18.9 Å². The van der Waals surface area contributed by atoms with Gasteiger partial charge in [-0.05, 0) is 26.4 Å². The summed E-state index contributed by atoms with van der Waals surface area (Å²) in [4.78, 5) is 2.23. The van der Waals surface area contributed by atoms with Crippen molar-refractivity contribution < 1.29 is 8.42 Å². The summed E-state index contributed by atoms with van der Waals surface area (Å²) in [5, 5.41) is 3.24. The molecule has 1 heterocycles. The van der Waals surface area contributed by atoms with Crippen molar-refractivity contribution in [1.82, 2.24) is 10.2 Å². The zero-order chi connectivity index (χ0) is 10.6. The van der Waals surface area contributed by atoms with Gasteiger partial charge in [-0.25, -0.2) is 8.42 Å². The first-order chi connectivity index (χ1) is 6.51. The SMILES string of the molecule is CNC1CCCN(CCS(C)(=O)=O)C1. The Balaban J connectivity index is 2.31. The molecule has 1 unspecified atom stereocenters. The van der Waals surface area contributed by atoms with E-state index in [2.05, 4.69) is 10.2 Å². The molecule has 0 aliphatic carbocycles. The van der Waals surface area contributed by atoms with Crippen LogP contribution in [0.3, 0.4) is 0 Å². The molecule has 4 nitrogen and oxygen atoms in total. The first-order valence-electron chi connectivity index (χ1n) is 5.08. The Morgan fingerprint density at radius 1 is 1.50 bits per heavy atom. The Morgan fingerprint density at radius 3 is 2.79 bits per heavy atom. The first-order valence-corrected chi connectivity index (χ1v) is 7.14. The fraction of sp³-hybridized carbons (Fsp3) is 1.00. The number of likely N-dealkylation sites (N-methyl/N-ethyl adjacent to an activating group) is 1. The highest BCUT2D eigenvalue weighted by Crippen LogP contribution is 2.09. The summed E-state index contributed by atoms with van der Waals surface area (Å²) in [7, 11) is -0.847. The van der Waals surface area contributed by atoms with Gasteiger partial charge >= 0.3 is 0 Å². The second kappa shape index (κ2) is 5.09. The standard InChI is InChI=1S/C9H20N2O2S/c1-10-9-4-3-5-11(8-9)6-7-14(2,12)13/h9-10H,3-8H2,1-2H3. The molecule has 0 amide bonds. The van der Waals surface area contributed by atoms with E-state index in [4.69, 9.17) is 0 Å². The number of rotatable bonds is 4. The van der Waals surface area contributed by atoms with Crippen molar-refractivity contribution in [1.29, 1.82) is 0 Å². The van der Waals surface area contributed by atoms with Crippen LogP contribution in [0, 0.1) is 0 Å². The summed E-state index contributed by atoms with van der Waals surface area (Å²) in [6, 6.07) is 0.531. The topological polar surface area (TPSA) is 49.4 Å². The van der Waals surface area contributed by atoms with Crippen LogP contribution >= 0.6 is 0 Å². The maximum Gasteiger partial charge on any atom is 0.148 e. The molecule has 0 saturated carbocycles. The molecule has 0 spiro atoms. The molecule has 1 atom stereocenters. The third-order valence-electron chi connectivity index (χ3n) is 2.69. The first kappa shape index (κ1) is 11.9. The quantitative estimate of drug-likeness (QED) is 0.707. The number of hydrogen-bond donors (Lipinski definition) is 1. The van der Waals surface area contributed by atoms with Crippen molar-refractivity contribution in [3.63, 3.8) is 0 Å². The lowest BCUT2D eigenvalue weighted by Gasteiger charge is -2.32. The van der Waals surface area contributed by atoms with Crippen LogP contribution in [0.25, 0.3) is 0 Å². The molecule has 1 rings (SSSR count). The van der Waals surface area contributed by atoms with E-state index in [1.54, 1.807) is 0 Å². The van der Waals surface area contributed by atoms with E-state index in [1.165, 1.54) is 12.7 Å². The van der Waals surface area contributed by atoms with Crippen LogP contribution in [0.5, 0.6) is 0 Å². The number of hydrogen-bond acceptors (Lipinski definition) is 4. The van der Waals surface area contributed by atoms with E-state index < -0.39 is 9.84 Å². The van der Waals surface area contributed by atoms with Gasteiger partial charge in [0.15, 0.2) is 0 Å². The third kappa shape index (κ3) is 4.39. The van der Waals surface area contributed by atoms with Crippen LogP contribution in [-0.4, -0.2) is 58.1 Å². The van der Waals surface area contributed by atoms with Gasteiger partial charge in [-0.3, -0.25) is 0 Å². The second-order valence-corrected chi connectivity index (χ2v) is 6.32. The molecule has 0 aromatic heterocycles. The van der Waals surface area contributed by atoms with E-state index in [-0.39, 0.29) is 5.75 Å². The molecular formula is C9H20N2O2S. The molecule has 1 saturated heterocycles. The number of sulfone groups is 1. The minimum Gasteiger partial charge on any atom is -0.316 e. The molecule has 14 heavy (non-hydrogen) atoms. The summed E-state index contributed by atoms with van der Waals surface area (Å²) in [5.41, 5.74) is 0. The zero-order valence-electron chi connectivity index (χ0n) is 8.99. The van der Waals surface area contributed by atoms with Crippen molar-refractivity contribution in [3.8, 4) is 0 Å². The Labute approximate surface area is 86.6 Å². The number of nitrogens with zero attached hydrogens (tertiary/aromatic N) is 1. The Hall–Kier alpha value is -0.130. The van der Waals surface area contributed by atoms with E-state index in [9.17, 15) is 8.42 Å². The van der Waals surface area contributed by atoms with Gasteiger partial charge in [-0.2, -0.15) is 0 Å². The molecule has 0 radical (unpaired) electrons. The fourth-order valence-corrected chi connectivity index (χ4v) is 2.38. The Bertz CT molecular complexity index is 264. The maximum atomic E-state index is 11.0. The molecule has 0 aromatic carbocycles. The molecule has 0 bridgehead atoms. The minimum atomic E-state index is -2.81. The predicted octanol–water partition coefficient (Wildman–Crippen LogP) is -0.285. The van der Waals surface area contributed by atoms with Gasteiger partial charge in [0.1, 0.15) is 9.84 Å². The van der Waals surface area contributed by atoms with E-state index in [0.29, 0.717) is 12.6 Å². The van der Waals surface area contributed by atoms with Crippen LogP contribution in [-0.2, 0) is 9.84 Å². The lowest BCUT2D eigenvalue weighted by Crippen LogP contribution is -2.45. The average Bonchev–Trinajstić information content (AvgIpc) is 2.14. The molecule has 1 N–H and O–H groups in total. The van der Waals surface area contributed by atoms with Crippen molar-refractivity contribution in [2.75, 3.05) is 38.7 Å². The Morgan fingerprint density at radius 2 is 2.21 bits per heavy atom. The van der Waals surface area contributed by atoms with Gasteiger partial charge < -0.3 is 10.2 Å². The van der Waals surface area contributed by atoms with E-state index in [0.717, 1.165) is 19.5 Å². The normalized spacial score (nSPS) is 25.1. The van der Waals surface area contributed by atoms with Gasteiger partial charge in [-0.1, -0.05) is 0 Å². The average molecular weight is 220 g/mol. The van der Waals surface area contributed by atoms with Crippen LogP contribution in [0.1, 0.15) is 12.8 Å². The van der Waals surface area contributed by atoms with Crippen LogP contribution < -0.4 is 5.32 Å². The number of piperidine rings is 1. The molecule has 84 valence electrons. The Kier molecular flexibility index (Phi) is 4.34. The lowest BCUT2D eigenvalue weighted by atomic mass is 10.1. The molecular weight excluding hydrogens is 200 g/mol. The van der Waals surface area contributed by atoms with Crippen LogP contribution in [0.15, 0.2) is 0 Å². The molecule has 5 heteroatoms. The van der Waals surface area contributed by atoms with Gasteiger partial charge in [0.2, 0.25) is 0 Å². The molecule has 1 aliphatic rings. The van der Waals surface area contributed by atoms with Gasteiger partial charge in [0, 0.05) is 25.4 Å². The summed E-state index contributed by atoms with van der Waals surface area (Å²) in [6.45, 7) is 2.69. The van der Waals surface area contributed by atoms with Gasteiger partial charge in [0.05, 0.1) is 5.75 Å². The smallest absolute Gasteiger partial charge is 0.148 e. The number of likely N-dealkylation sites (tertiary alicyclic amines) is 1. The highest BCUT2D eigenvalue weighted by atomic mass is 32.2. The molecule has 1 fully saturated rings. The third-order valence-corrected chi connectivity index (χ3v) is 3.62. The summed E-state index contributed by atoms with van der Waals surface area (Å²) >= 11 is 0. The van der Waals surface area contributed by atoms with Gasteiger partial charge in [0.25, 0.3) is 0 Å². The predicted molar refractivity (Wildman–Crippen MR) is 58.2 cm³/mol. The fourth-order valence-electron chi connectivity index (χ4n) is 1.79. The van der Waals surface area contributed by atoms with Crippen molar-refractivity contribution in [3.05, 3.63) is 0 Å². The van der Waals surface area contributed by atoms with Gasteiger partial charge in [-0.15, -0.1) is 0 Å². The van der Waals surface area contributed by atoms with E-state index in [1.807, 2.05) is 7.05 Å². The largest absolute Gasteiger partial charge is 0.316 e. The lowest BCUT2D eigenvalue weighted by molar-refractivity contribution is 0.205.